The Morgan fingerprint density at radius 1 is 1.25 bits per heavy atom. The quantitative estimate of drug-likeness (QED) is 0.535. The summed E-state index contributed by atoms with van der Waals surface area (Å²) in [6, 6.07) is 2.81. The van der Waals surface area contributed by atoms with Crippen LogP contribution in [0.25, 0.3) is 0 Å². The molecule has 1 nitrogen and oxygen atoms in total. The number of hydrogen-bond donors (Lipinski definition) is 1. The lowest BCUT2D eigenvalue weighted by molar-refractivity contribution is 1.08. The largest absolute Gasteiger partial charge is 0.315 e. The van der Waals surface area contributed by atoms with Crippen LogP contribution in [0.1, 0.15) is 20.8 Å². The second-order valence-electron chi connectivity index (χ2n) is 2.95. The van der Waals surface area contributed by atoms with Gasteiger partial charge >= 0.3 is 0 Å². The van der Waals surface area contributed by atoms with E-state index in [4.69, 9.17) is 0 Å². The molecule has 0 amide bonds. The van der Waals surface area contributed by atoms with Gasteiger partial charge in [-0.3, -0.25) is 0 Å². The van der Waals surface area contributed by atoms with Crippen molar-refractivity contribution >= 4 is 0 Å². The summed E-state index contributed by atoms with van der Waals surface area (Å²) in [7, 11) is 0. The van der Waals surface area contributed by atoms with Gasteiger partial charge in [0.25, 0.3) is 0 Å². The number of allylic oxidation sites excluding steroid dienone is 4. The van der Waals surface area contributed by atoms with Crippen LogP contribution >= 0.6 is 0 Å². The zero-order chi connectivity index (χ0) is 9.14. The normalized spacial score (nSPS) is 27.2. The Morgan fingerprint density at radius 2 is 1.92 bits per heavy atom. The average Bonchev–Trinajstić information content (AvgIpc) is 2.07. The molecule has 0 atom stereocenters. The first-order valence-electron chi connectivity index (χ1n) is 3.93. The molecular weight excluding hydrogens is 146 g/mol. The lowest BCUT2D eigenvalue weighted by Gasteiger charge is -2.11. The van der Waals surface area contributed by atoms with Crippen LogP contribution < -0.4 is 5.32 Å². The van der Waals surface area contributed by atoms with E-state index in [9.17, 15) is 0 Å². The van der Waals surface area contributed by atoms with Crippen molar-refractivity contribution in [2.24, 2.45) is 0 Å². The van der Waals surface area contributed by atoms with Gasteiger partial charge in [0.1, 0.15) is 0 Å². The highest BCUT2D eigenvalue weighted by atomic mass is 14.8. The third-order valence-corrected chi connectivity index (χ3v) is 2.18. The van der Waals surface area contributed by atoms with Gasteiger partial charge in [-0.2, -0.15) is 0 Å². The lowest BCUT2D eigenvalue weighted by Crippen LogP contribution is -2.07. The average molecular weight is 159 g/mol. The van der Waals surface area contributed by atoms with E-state index in [1.165, 1.54) is 16.7 Å². The van der Waals surface area contributed by atoms with Crippen molar-refractivity contribution in [3.8, 4) is 12.0 Å². The number of nitrogens with one attached hydrogen (secondary N) is 1. The van der Waals surface area contributed by atoms with Crippen molar-refractivity contribution in [2.75, 3.05) is 0 Å². The molecule has 1 N–H and O–H groups in total. The molecule has 62 valence electrons. The van der Waals surface area contributed by atoms with Crippen molar-refractivity contribution in [1.82, 2.24) is 5.32 Å². The van der Waals surface area contributed by atoms with Crippen molar-refractivity contribution in [2.45, 2.75) is 20.8 Å². The van der Waals surface area contributed by atoms with Crippen LogP contribution in [-0.2, 0) is 0 Å². The molecule has 0 radical (unpaired) electrons. The fraction of sp³-hybridized carbons (Fsp3) is 0.273. The number of rotatable bonds is 0. The van der Waals surface area contributed by atoms with E-state index in [2.05, 4.69) is 44.6 Å². The predicted molar refractivity (Wildman–Crippen MR) is 52.2 cm³/mol. The van der Waals surface area contributed by atoms with Gasteiger partial charge in [0.05, 0.1) is 0 Å². The molecule has 0 aliphatic carbocycles. The molecule has 0 unspecified atom stereocenters. The van der Waals surface area contributed by atoms with Gasteiger partial charge < -0.3 is 5.32 Å². The summed E-state index contributed by atoms with van der Waals surface area (Å²) in [5.74, 6) is 2.90. The highest BCUT2D eigenvalue weighted by molar-refractivity contribution is 5.45. The van der Waals surface area contributed by atoms with Gasteiger partial charge in [-0.05, 0) is 43.6 Å². The van der Waals surface area contributed by atoms with E-state index in [-0.39, 0.29) is 0 Å². The molecular formula is C11H13N. The summed E-state index contributed by atoms with van der Waals surface area (Å²) in [5, 5.41) is 2.93. The second kappa shape index (κ2) is 3.32. The lowest BCUT2D eigenvalue weighted by atomic mass is 10.0. The zero-order valence-electron chi connectivity index (χ0n) is 7.78. The Kier molecular flexibility index (Phi) is 2.40. The summed E-state index contributed by atoms with van der Waals surface area (Å²) in [4.78, 5) is 0. The van der Waals surface area contributed by atoms with E-state index in [0.717, 1.165) is 5.70 Å². The van der Waals surface area contributed by atoms with Crippen molar-refractivity contribution < 1.29 is 0 Å². The standard InChI is InChI=1S/C11H13N/c1-8-6-5-7-12-11(4)10(3)9(8)2/h6,12H,4H2,1-3H3/b8-6+,10-9-. The van der Waals surface area contributed by atoms with Crippen molar-refractivity contribution in [3.63, 3.8) is 0 Å². The second-order valence-corrected chi connectivity index (χ2v) is 2.95. The predicted octanol–water partition coefficient (Wildman–Crippen LogP) is 2.35. The van der Waals surface area contributed by atoms with E-state index in [1.54, 1.807) is 0 Å². The molecule has 0 fully saturated rings. The Morgan fingerprint density at radius 3 is 2.58 bits per heavy atom. The molecule has 1 heteroatoms. The van der Waals surface area contributed by atoms with Crippen LogP contribution in [0, 0.1) is 12.0 Å². The Labute approximate surface area is 73.9 Å². The van der Waals surface area contributed by atoms with Crippen LogP contribution in [0.4, 0.5) is 0 Å². The number of hydrogen-bond acceptors (Lipinski definition) is 1. The Hall–Kier alpha value is -1.42. The fourth-order valence-electron chi connectivity index (χ4n) is 0.980. The zero-order valence-corrected chi connectivity index (χ0v) is 7.78. The summed E-state index contributed by atoms with van der Waals surface area (Å²) in [5.41, 5.74) is 4.54. The molecule has 0 saturated carbocycles. The van der Waals surface area contributed by atoms with Gasteiger partial charge in [0.15, 0.2) is 0 Å². The topological polar surface area (TPSA) is 12.0 Å². The molecule has 1 aliphatic rings. The maximum Gasteiger partial charge on any atom is 0.0419 e. The van der Waals surface area contributed by atoms with Crippen LogP contribution in [-0.4, -0.2) is 0 Å². The smallest absolute Gasteiger partial charge is 0.0419 e. The minimum absolute atomic E-state index is 0.896. The minimum atomic E-state index is 0.896. The van der Waals surface area contributed by atoms with E-state index in [1.807, 2.05) is 6.08 Å². The molecule has 1 rings (SSSR count). The molecule has 12 heavy (non-hydrogen) atoms. The van der Waals surface area contributed by atoms with Crippen LogP contribution in [0.3, 0.4) is 0 Å². The van der Waals surface area contributed by atoms with E-state index in [0.29, 0.717) is 0 Å². The maximum atomic E-state index is 3.88. The van der Waals surface area contributed by atoms with Crippen molar-refractivity contribution in [3.05, 3.63) is 35.1 Å². The highest BCUT2D eigenvalue weighted by Crippen LogP contribution is 2.17. The fourth-order valence-corrected chi connectivity index (χ4v) is 0.980. The van der Waals surface area contributed by atoms with Gasteiger partial charge in [0, 0.05) is 11.7 Å². The summed E-state index contributed by atoms with van der Waals surface area (Å²) < 4.78 is 0. The molecule has 1 aliphatic heterocycles. The molecule has 1 heterocycles. The minimum Gasteiger partial charge on any atom is -0.315 e. The van der Waals surface area contributed by atoms with Crippen LogP contribution in [0.2, 0.25) is 0 Å². The first kappa shape index (κ1) is 8.67. The van der Waals surface area contributed by atoms with Crippen LogP contribution in [0.15, 0.2) is 35.1 Å². The summed E-state index contributed by atoms with van der Waals surface area (Å²) in [6.07, 6.45) is 1.91. The van der Waals surface area contributed by atoms with E-state index >= 15 is 0 Å². The molecule has 0 aromatic heterocycles. The van der Waals surface area contributed by atoms with Gasteiger partial charge in [-0.1, -0.05) is 12.5 Å². The third kappa shape index (κ3) is 1.60. The molecule has 0 spiro atoms. The first-order valence-corrected chi connectivity index (χ1v) is 3.93. The Bertz CT molecular complexity index is 332. The van der Waals surface area contributed by atoms with Gasteiger partial charge in [0.2, 0.25) is 0 Å². The first-order chi connectivity index (χ1) is 5.63. The van der Waals surface area contributed by atoms with Crippen molar-refractivity contribution in [1.29, 1.82) is 0 Å². The maximum absolute atomic E-state index is 3.88. The van der Waals surface area contributed by atoms with Gasteiger partial charge in [-0.25, -0.2) is 0 Å². The molecule has 0 bridgehead atoms. The summed E-state index contributed by atoms with van der Waals surface area (Å²) >= 11 is 0. The molecule has 0 aromatic rings. The monoisotopic (exact) mass is 159 g/mol. The van der Waals surface area contributed by atoms with Crippen LogP contribution in [0.5, 0.6) is 0 Å². The third-order valence-electron chi connectivity index (χ3n) is 2.18. The Balaban J connectivity index is 3.18. The molecule has 0 aromatic carbocycles. The van der Waals surface area contributed by atoms with Gasteiger partial charge in [-0.15, -0.1) is 0 Å². The van der Waals surface area contributed by atoms with E-state index < -0.39 is 0 Å². The highest BCUT2D eigenvalue weighted by Gasteiger charge is 2.03. The summed E-state index contributed by atoms with van der Waals surface area (Å²) in [6.45, 7) is 10.1. The molecule has 0 saturated heterocycles. The SMILES string of the molecule is C=C1NC#C/C=C(C)/C(C)=C\1C.